The van der Waals surface area contributed by atoms with Crippen LogP contribution in [0.2, 0.25) is 0 Å². The Kier molecular flexibility index (Phi) is 6.35. The van der Waals surface area contributed by atoms with Gasteiger partial charge in [0, 0.05) is 10.9 Å². The minimum Gasteiger partial charge on any atom is -0.457 e. The van der Waals surface area contributed by atoms with E-state index in [1.54, 1.807) is 0 Å². The molecule has 53 heavy (non-hydrogen) atoms. The maximum absolute atomic E-state index is 7.59. The van der Waals surface area contributed by atoms with Crippen molar-refractivity contribution in [3.63, 3.8) is 0 Å². The Morgan fingerprint density at radius 1 is 0.340 bits per heavy atom. The average Bonchev–Trinajstić information content (AvgIpc) is 3.22. The zero-order valence-electron chi connectivity index (χ0n) is 28.6. The van der Waals surface area contributed by atoms with Gasteiger partial charge in [-0.15, -0.1) is 0 Å². The fraction of sp³-hybridized carbons (Fsp3) is 0. The molecule has 11 rings (SSSR count). The highest BCUT2D eigenvalue weighted by atomic mass is 16.5. The Morgan fingerprint density at radius 3 is 1.68 bits per heavy atom. The van der Waals surface area contributed by atoms with E-state index < -0.39 is 0 Å². The van der Waals surface area contributed by atoms with Crippen LogP contribution < -0.4 is 4.74 Å². The van der Waals surface area contributed by atoms with Crippen molar-refractivity contribution in [2.45, 2.75) is 0 Å². The minimum absolute atomic E-state index is 0.583. The predicted octanol–water partition coefficient (Wildman–Crippen LogP) is 14.8. The fourth-order valence-corrected chi connectivity index (χ4v) is 8.58. The highest BCUT2D eigenvalue weighted by Crippen LogP contribution is 2.49. The minimum atomic E-state index is 0.583. The van der Waals surface area contributed by atoms with E-state index in [0.717, 1.165) is 44.5 Å². The van der Waals surface area contributed by atoms with Gasteiger partial charge in [0.05, 0.1) is 6.57 Å². The summed E-state index contributed by atoms with van der Waals surface area (Å²) in [6, 6.07) is 63.2. The lowest BCUT2D eigenvalue weighted by molar-refractivity contribution is 0.487. The number of nitrogens with zero attached hydrogens (tertiary/aromatic N) is 1. The van der Waals surface area contributed by atoms with Gasteiger partial charge in [-0.25, -0.2) is 4.85 Å². The lowest BCUT2D eigenvalue weighted by Gasteiger charge is -2.22. The molecule has 10 aromatic rings. The summed E-state index contributed by atoms with van der Waals surface area (Å²) >= 11 is 0. The molecule has 0 spiro atoms. The van der Waals surface area contributed by atoms with Crippen LogP contribution in [0.15, 0.2) is 176 Å². The summed E-state index contributed by atoms with van der Waals surface area (Å²) in [6.07, 6.45) is 0. The van der Waals surface area contributed by atoms with E-state index >= 15 is 0 Å². The molecule has 2 heteroatoms. The van der Waals surface area contributed by atoms with Crippen LogP contribution in [0.5, 0.6) is 11.5 Å². The van der Waals surface area contributed by atoms with Crippen LogP contribution in [0.25, 0.3) is 103 Å². The van der Waals surface area contributed by atoms with Crippen molar-refractivity contribution in [3.05, 3.63) is 187 Å². The van der Waals surface area contributed by atoms with E-state index in [-0.39, 0.29) is 0 Å². The quantitative estimate of drug-likeness (QED) is 0.135. The lowest BCUT2D eigenvalue weighted by Crippen LogP contribution is -1.97. The van der Waals surface area contributed by atoms with Crippen molar-refractivity contribution in [2.24, 2.45) is 0 Å². The number of hydrogen-bond donors (Lipinski definition) is 0. The second-order valence-electron chi connectivity index (χ2n) is 13.9. The number of ether oxygens (including phenoxy) is 1. The highest BCUT2D eigenvalue weighted by Gasteiger charge is 2.22. The molecule has 0 amide bonds. The van der Waals surface area contributed by atoms with Crippen molar-refractivity contribution in [2.75, 3.05) is 0 Å². The second-order valence-corrected chi connectivity index (χ2v) is 13.9. The van der Waals surface area contributed by atoms with Crippen molar-refractivity contribution < 1.29 is 4.74 Å². The standard InChI is InChI=1S/C51H29NO/c1-52-36-26-35-12-9-19-44-43-25-24-34(27-49(43)53-50(28-36)51(35)44)31-20-22-33(23-21-31)45-29-47-42-17-7-6-16-41(42)46(30-48(47)40-15-5-4-14-39(40)45)38-18-8-11-32-10-2-3-13-37(32)38/h2-30H. The highest BCUT2D eigenvalue weighted by molar-refractivity contribution is 6.24. The van der Waals surface area contributed by atoms with Gasteiger partial charge in [0.2, 0.25) is 0 Å². The van der Waals surface area contributed by atoms with Gasteiger partial charge < -0.3 is 4.74 Å². The average molecular weight is 672 g/mol. The molecule has 0 saturated heterocycles. The fourth-order valence-electron chi connectivity index (χ4n) is 8.58. The molecule has 1 aliphatic rings. The predicted molar refractivity (Wildman–Crippen MR) is 222 cm³/mol. The van der Waals surface area contributed by atoms with E-state index in [1.807, 2.05) is 18.2 Å². The van der Waals surface area contributed by atoms with Crippen LogP contribution in [0, 0.1) is 6.57 Å². The topological polar surface area (TPSA) is 13.6 Å². The molecule has 0 N–H and O–H groups in total. The molecule has 0 radical (unpaired) electrons. The first-order valence-corrected chi connectivity index (χ1v) is 17.9. The van der Waals surface area contributed by atoms with Crippen molar-refractivity contribution >= 4 is 59.5 Å². The van der Waals surface area contributed by atoms with Crippen LogP contribution in [-0.4, -0.2) is 0 Å². The SMILES string of the molecule is [C-]#[N+]c1cc2c3c(cccc3c1)-c1ccc(-c3ccc(-c4cc5c6ccccc6c(-c6cccc7ccccc67)cc5c5ccccc45)cc3)cc1O2. The zero-order valence-corrected chi connectivity index (χ0v) is 28.6. The molecule has 0 aliphatic carbocycles. The van der Waals surface area contributed by atoms with E-state index in [1.165, 1.54) is 65.3 Å². The molecule has 2 nitrogen and oxygen atoms in total. The number of hydrogen-bond acceptors (Lipinski definition) is 1. The molecule has 10 aromatic carbocycles. The molecule has 0 unspecified atom stereocenters. The number of benzene rings is 10. The molecular formula is C51H29NO. The van der Waals surface area contributed by atoms with Gasteiger partial charge in [0.1, 0.15) is 11.5 Å². The van der Waals surface area contributed by atoms with Gasteiger partial charge in [-0.3, -0.25) is 0 Å². The van der Waals surface area contributed by atoms with Crippen LogP contribution in [0.3, 0.4) is 0 Å². The van der Waals surface area contributed by atoms with E-state index in [2.05, 4.69) is 163 Å². The normalized spacial score (nSPS) is 11.9. The molecule has 0 saturated carbocycles. The Balaban J connectivity index is 1.04. The third-order valence-corrected chi connectivity index (χ3v) is 11.0. The Hall–Kier alpha value is -7.21. The van der Waals surface area contributed by atoms with Crippen LogP contribution in [0.4, 0.5) is 5.69 Å². The number of fused-ring (bicyclic) bond motifs is 8. The van der Waals surface area contributed by atoms with Crippen molar-refractivity contribution in [1.82, 2.24) is 0 Å². The molecule has 244 valence electrons. The maximum Gasteiger partial charge on any atom is 0.191 e. The summed E-state index contributed by atoms with van der Waals surface area (Å²) in [7, 11) is 0. The molecule has 1 aliphatic heterocycles. The Labute approximate surface area is 306 Å². The van der Waals surface area contributed by atoms with Crippen molar-refractivity contribution in [3.8, 4) is 56.0 Å². The van der Waals surface area contributed by atoms with Gasteiger partial charge in [-0.1, -0.05) is 140 Å². The molecular weight excluding hydrogens is 643 g/mol. The second kappa shape index (κ2) is 11.4. The zero-order chi connectivity index (χ0) is 35.0. The largest absolute Gasteiger partial charge is 0.457 e. The van der Waals surface area contributed by atoms with E-state index in [4.69, 9.17) is 11.3 Å². The first kappa shape index (κ1) is 29.5. The molecule has 0 fully saturated rings. The summed E-state index contributed by atoms with van der Waals surface area (Å²) in [4.78, 5) is 3.68. The summed E-state index contributed by atoms with van der Waals surface area (Å²) in [5.41, 5.74) is 9.90. The first-order chi connectivity index (χ1) is 26.2. The van der Waals surface area contributed by atoms with Gasteiger partial charge in [-0.05, 0) is 124 Å². The van der Waals surface area contributed by atoms with E-state index in [9.17, 15) is 0 Å². The van der Waals surface area contributed by atoms with Crippen LogP contribution >= 0.6 is 0 Å². The molecule has 0 bridgehead atoms. The van der Waals surface area contributed by atoms with Gasteiger partial charge in [-0.2, -0.15) is 0 Å². The molecule has 0 atom stereocenters. The smallest absolute Gasteiger partial charge is 0.191 e. The Morgan fingerprint density at radius 2 is 0.925 bits per heavy atom. The maximum atomic E-state index is 7.59. The molecule has 1 heterocycles. The van der Waals surface area contributed by atoms with Gasteiger partial charge in [0.15, 0.2) is 5.69 Å². The van der Waals surface area contributed by atoms with Crippen molar-refractivity contribution in [1.29, 1.82) is 0 Å². The third kappa shape index (κ3) is 4.51. The third-order valence-electron chi connectivity index (χ3n) is 11.0. The van der Waals surface area contributed by atoms with Gasteiger partial charge in [0.25, 0.3) is 0 Å². The lowest BCUT2D eigenvalue weighted by atomic mass is 9.86. The monoisotopic (exact) mass is 671 g/mol. The molecule has 0 aromatic heterocycles. The summed E-state index contributed by atoms with van der Waals surface area (Å²) in [5.74, 6) is 1.55. The van der Waals surface area contributed by atoms with Crippen LogP contribution in [-0.2, 0) is 0 Å². The summed E-state index contributed by atoms with van der Waals surface area (Å²) in [6.45, 7) is 7.59. The van der Waals surface area contributed by atoms with E-state index in [0.29, 0.717) is 5.69 Å². The summed E-state index contributed by atoms with van der Waals surface area (Å²) in [5, 5.41) is 12.1. The first-order valence-electron chi connectivity index (χ1n) is 17.9. The number of rotatable bonds is 3. The van der Waals surface area contributed by atoms with Crippen LogP contribution in [0.1, 0.15) is 0 Å². The van der Waals surface area contributed by atoms with Gasteiger partial charge >= 0.3 is 0 Å². The summed E-state index contributed by atoms with van der Waals surface area (Å²) < 4.78 is 6.49. The Bertz CT molecular complexity index is 3200.